The van der Waals surface area contributed by atoms with Crippen LogP contribution in [0.15, 0.2) is 12.2 Å². The van der Waals surface area contributed by atoms with Crippen molar-refractivity contribution in [1.29, 1.82) is 0 Å². The molecule has 0 rings (SSSR count). The minimum Gasteiger partial charge on any atom is -0.317 e. The second-order valence-corrected chi connectivity index (χ2v) is 7.84. The van der Waals surface area contributed by atoms with Crippen molar-refractivity contribution in [3.63, 3.8) is 0 Å². The molecule has 0 saturated carbocycles. The van der Waals surface area contributed by atoms with Gasteiger partial charge in [-0.3, -0.25) is 0 Å². The lowest BCUT2D eigenvalue weighted by Gasteiger charge is -2.09. The third kappa shape index (κ3) is 23.7. The van der Waals surface area contributed by atoms with Crippen LogP contribution >= 0.6 is 0 Å². The van der Waals surface area contributed by atoms with Gasteiger partial charge in [-0.1, -0.05) is 76.9 Å². The first-order chi connectivity index (χ1) is 12.3. The van der Waals surface area contributed by atoms with Crippen LogP contribution in [0.4, 0.5) is 0 Å². The summed E-state index contributed by atoms with van der Waals surface area (Å²) in [6, 6.07) is 0. The maximum atomic E-state index is 3.55. The molecule has 0 aromatic carbocycles. The Morgan fingerprint density at radius 1 is 0.600 bits per heavy atom. The fourth-order valence-corrected chi connectivity index (χ4v) is 3.14. The zero-order valence-electron chi connectivity index (χ0n) is 17.8. The molecule has 0 aliphatic rings. The highest BCUT2D eigenvalue weighted by atomic mass is 15.0. The fourth-order valence-electron chi connectivity index (χ4n) is 3.14. The summed E-state index contributed by atoms with van der Waals surface area (Å²) in [5.74, 6) is 0. The number of rotatable bonds is 20. The predicted molar refractivity (Wildman–Crippen MR) is 115 cm³/mol. The van der Waals surface area contributed by atoms with Crippen molar-refractivity contribution in [1.82, 2.24) is 10.2 Å². The van der Waals surface area contributed by atoms with Gasteiger partial charge in [-0.15, -0.1) is 0 Å². The molecule has 0 aromatic heterocycles. The molecule has 0 atom stereocenters. The Kier molecular flexibility index (Phi) is 21.4. The minimum atomic E-state index is 1.17. The van der Waals surface area contributed by atoms with E-state index in [2.05, 4.69) is 43.4 Å². The highest BCUT2D eigenvalue weighted by Crippen LogP contribution is 2.09. The quantitative estimate of drug-likeness (QED) is 0.197. The van der Waals surface area contributed by atoms with Gasteiger partial charge in [-0.25, -0.2) is 0 Å². The molecule has 2 heteroatoms. The minimum absolute atomic E-state index is 1.17. The van der Waals surface area contributed by atoms with Gasteiger partial charge < -0.3 is 10.2 Å². The normalized spacial score (nSPS) is 11.8. The first kappa shape index (κ1) is 24.7. The predicted octanol–water partition coefficient (Wildman–Crippen LogP) is 6.57. The first-order valence-corrected chi connectivity index (χ1v) is 11.3. The van der Waals surface area contributed by atoms with Crippen LogP contribution in [-0.2, 0) is 0 Å². The van der Waals surface area contributed by atoms with Crippen LogP contribution < -0.4 is 5.32 Å². The molecule has 25 heavy (non-hydrogen) atoms. The second kappa shape index (κ2) is 21.7. The summed E-state index contributed by atoms with van der Waals surface area (Å²) in [6.07, 6.45) is 25.5. The molecule has 1 N–H and O–H groups in total. The average Bonchev–Trinajstić information content (AvgIpc) is 2.60. The molecule has 0 aromatic rings. The number of nitrogens with one attached hydrogen (secondary N) is 1. The van der Waals surface area contributed by atoms with Crippen molar-refractivity contribution in [2.24, 2.45) is 0 Å². The van der Waals surface area contributed by atoms with Gasteiger partial charge in [0.25, 0.3) is 0 Å². The van der Waals surface area contributed by atoms with E-state index in [1.807, 2.05) is 0 Å². The van der Waals surface area contributed by atoms with E-state index in [0.29, 0.717) is 0 Å². The van der Waals surface area contributed by atoms with Gasteiger partial charge in [-0.05, 0) is 72.3 Å². The summed E-state index contributed by atoms with van der Waals surface area (Å²) in [5, 5.41) is 3.55. The van der Waals surface area contributed by atoms with Crippen LogP contribution in [0, 0.1) is 0 Å². The Hall–Kier alpha value is -0.340. The Labute approximate surface area is 159 Å². The van der Waals surface area contributed by atoms with Crippen molar-refractivity contribution in [3.8, 4) is 0 Å². The third-order valence-corrected chi connectivity index (χ3v) is 4.82. The van der Waals surface area contributed by atoms with Crippen LogP contribution in [0.1, 0.15) is 103 Å². The highest BCUT2D eigenvalue weighted by Gasteiger charge is 1.93. The lowest BCUT2D eigenvalue weighted by Crippen LogP contribution is -2.22. The number of nitrogens with zero attached hydrogens (tertiary/aromatic N) is 1. The molecular weight excluding hydrogens is 304 g/mol. The van der Waals surface area contributed by atoms with E-state index in [9.17, 15) is 0 Å². The molecule has 0 fully saturated rings. The molecule has 0 aliphatic heterocycles. The molecule has 150 valence electrons. The lowest BCUT2D eigenvalue weighted by atomic mass is 10.1. The van der Waals surface area contributed by atoms with Crippen LogP contribution in [-0.4, -0.2) is 38.6 Å². The van der Waals surface area contributed by atoms with Gasteiger partial charge in [0, 0.05) is 0 Å². The Morgan fingerprint density at radius 2 is 1.08 bits per heavy atom. The number of hydrogen-bond acceptors (Lipinski definition) is 2. The molecule has 0 unspecified atom stereocenters. The van der Waals surface area contributed by atoms with E-state index >= 15 is 0 Å². The largest absolute Gasteiger partial charge is 0.317 e. The summed E-state index contributed by atoms with van der Waals surface area (Å²) in [4.78, 5) is 2.26. The van der Waals surface area contributed by atoms with Crippen LogP contribution in [0.25, 0.3) is 0 Å². The van der Waals surface area contributed by atoms with E-state index in [4.69, 9.17) is 0 Å². The maximum absolute atomic E-state index is 3.55. The van der Waals surface area contributed by atoms with Gasteiger partial charge in [0.15, 0.2) is 0 Å². The maximum Gasteiger partial charge on any atom is -0.00127 e. The van der Waals surface area contributed by atoms with Gasteiger partial charge in [0.1, 0.15) is 0 Å². The first-order valence-electron chi connectivity index (χ1n) is 11.3. The molecule has 0 spiro atoms. The van der Waals surface area contributed by atoms with Crippen LogP contribution in [0.3, 0.4) is 0 Å². The average molecular weight is 353 g/mol. The van der Waals surface area contributed by atoms with Crippen molar-refractivity contribution >= 4 is 0 Å². The molecular formula is C23H48N2. The van der Waals surface area contributed by atoms with E-state index in [0.717, 1.165) is 0 Å². The van der Waals surface area contributed by atoms with Crippen molar-refractivity contribution < 1.29 is 0 Å². The van der Waals surface area contributed by atoms with Gasteiger partial charge in [0.2, 0.25) is 0 Å². The second-order valence-electron chi connectivity index (χ2n) is 7.84. The molecule has 0 saturated heterocycles. The molecule has 0 radical (unpaired) electrons. The standard InChI is InChI=1S/C23H48N2/c1-4-5-6-7-8-9-10-11-12-13-14-15-16-17-18-19-21-24-22-20-23-25(2)3/h11-12,24H,4-10,13-23H2,1-3H3. The Balaban J connectivity index is 3.05. The van der Waals surface area contributed by atoms with Crippen LogP contribution in [0.5, 0.6) is 0 Å². The summed E-state index contributed by atoms with van der Waals surface area (Å²) in [7, 11) is 4.29. The number of allylic oxidation sites excluding steroid dienone is 2. The summed E-state index contributed by atoms with van der Waals surface area (Å²) >= 11 is 0. The lowest BCUT2D eigenvalue weighted by molar-refractivity contribution is 0.394. The topological polar surface area (TPSA) is 15.3 Å². The zero-order valence-corrected chi connectivity index (χ0v) is 17.8. The summed E-state index contributed by atoms with van der Waals surface area (Å²) in [6.45, 7) is 5.85. The van der Waals surface area contributed by atoms with E-state index < -0.39 is 0 Å². The zero-order chi connectivity index (χ0) is 18.4. The summed E-state index contributed by atoms with van der Waals surface area (Å²) in [5.41, 5.74) is 0. The third-order valence-electron chi connectivity index (χ3n) is 4.82. The van der Waals surface area contributed by atoms with Gasteiger partial charge in [0.05, 0.1) is 0 Å². The van der Waals surface area contributed by atoms with E-state index in [1.165, 1.54) is 116 Å². The van der Waals surface area contributed by atoms with Crippen molar-refractivity contribution in [2.75, 3.05) is 33.7 Å². The molecule has 0 aliphatic carbocycles. The molecule has 0 bridgehead atoms. The Morgan fingerprint density at radius 3 is 1.64 bits per heavy atom. The number of unbranched alkanes of at least 4 members (excludes halogenated alkanes) is 12. The van der Waals surface area contributed by atoms with Crippen molar-refractivity contribution in [2.45, 2.75) is 103 Å². The van der Waals surface area contributed by atoms with E-state index in [1.54, 1.807) is 0 Å². The van der Waals surface area contributed by atoms with Gasteiger partial charge in [-0.2, -0.15) is 0 Å². The SMILES string of the molecule is CCCCCCCCC=CCCCCCCCCNCCCN(C)C. The molecule has 0 heterocycles. The van der Waals surface area contributed by atoms with E-state index in [-0.39, 0.29) is 0 Å². The monoisotopic (exact) mass is 352 g/mol. The van der Waals surface area contributed by atoms with Crippen molar-refractivity contribution in [3.05, 3.63) is 12.2 Å². The highest BCUT2D eigenvalue weighted by molar-refractivity contribution is 4.81. The Bertz CT molecular complexity index is 261. The molecule has 0 amide bonds. The molecule has 2 nitrogen and oxygen atoms in total. The van der Waals surface area contributed by atoms with Crippen LogP contribution in [0.2, 0.25) is 0 Å². The smallest absolute Gasteiger partial charge is 0.00127 e. The number of hydrogen-bond donors (Lipinski definition) is 1. The van der Waals surface area contributed by atoms with Gasteiger partial charge >= 0.3 is 0 Å². The summed E-state index contributed by atoms with van der Waals surface area (Å²) < 4.78 is 0. The fraction of sp³-hybridized carbons (Fsp3) is 0.913.